The van der Waals surface area contributed by atoms with E-state index in [0.717, 1.165) is 22.2 Å². The van der Waals surface area contributed by atoms with Crippen molar-refractivity contribution >= 4 is 10.9 Å². The molecule has 1 heterocycles. The van der Waals surface area contributed by atoms with E-state index >= 15 is 0 Å². The zero-order valence-corrected chi connectivity index (χ0v) is 11.5. The highest BCUT2D eigenvalue weighted by atomic mass is 15.1. The summed E-state index contributed by atoms with van der Waals surface area (Å²) in [5.74, 6) is 0. The van der Waals surface area contributed by atoms with Crippen LogP contribution in [0.2, 0.25) is 0 Å². The number of aromatic amines is 1. The molecule has 0 spiro atoms. The molecule has 0 unspecified atom stereocenters. The van der Waals surface area contributed by atoms with E-state index in [4.69, 9.17) is 0 Å². The van der Waals surface area contributed by atoms with Gasteiger partial charge in [-0.15, -0.1) is 0 Å². The van der Waals surface area contributed by atoms with E-state index in [-0.39, 0.29) is 0 Å². The van der Waals surface area contributed by atoms with Crippen molar-refractivity contribution in [1.82, 2.24) is 10.2 Å². The Bertz CT molecular complexity index is 874. The first-order valence-electron chi connectivity index (χ1n) is 7.01. The topological polar surface area (TPSA) is 28.7 Å². The third-order valence-electron chi connectivity index (χ3n) is 3.74. The van der Waals surface area contributed by atoms with Crippen molar-refractivity contribution in [3.05, 3.63) is 78.9 Å². The number of nitrogens with one attached hydrogen (secondary N) is 1. The van der Waals surface area contributed by atoms with Gasteiger partial charge in [0.1, 0.15) is 0 Å². The van der Waals surface area contributed by atoms with Gasteiger partial charge < -0.3 is 0 Å². The van der Waals surface area contributed by atoms with Crippen LogP contribution >= 0.6 is 0 Å². The lowest BCUT2D eigenvalue weighted by molar-refractivity contribution is 1.12. The summed E-state index contributed by atoms with van der Waals surface area (Å²) in [4.78, 5) is 0. The van der Waals surface area contributed by atoms with E-state index in [1.807, 2.05) is 24.3 Å². The summed E-state index contributed by atoms with van der Waals surface area (Å²) in [6.07, 6.45) is 0. The molecule has 21 heavy (non-hydrogen) atoms. The van der Waals surface area contributed by atoms with E-state index < -0.39 is 0 Å². The van der Waals surface area contributed by atoms with Gasteiger partial charge in [0.25, 0.3) is 0 Å². The number of hydrogen-bond acceptors (Lipinski definition) is 1. The maximum absolute atomic E-state index is 4.35. The normalized spacial score (nSPS) is 10.9. The molecule has 0 fully saturated rings. The van der Waals surface area contributed by atoms with Gasteiger partial charge in [0, 0.05) is 10.9 Å². The van der Waals surface area contributed by atoms with Gasteiger partial charge in [0.2, 0.25) is 0 Å². The van der Waals surface area contributed by atoms with Crippen LogP contribution in [0.3, 0.4) is 0 Å². The third kappa shape index (κ3) is 2.11. The molecule has 1 N–H and O–H groups in total. The van der Waals surface area contributed by atoms with Crippen molar-refractivity contribution < 1.29 is 0 Å². The predicted molar refractivity (Wildman–Crippen MR) is 87.0 cm³/mol. The Morgan fingerprint density at radius 1 is 0.571 bits per heavy atom. The van der Waals surface area contributed by atoms with E-state index in [1.165, 1.54) is 11.1 Å². The van der Waals surface area contributed by atoms with Crippen LogP contribution in [0.15, 0.2) is 78.9 Å². The van der Waals surface area contributed by atoms with Gasteiger partial charge in [-0.05, 0) is 17.2 Å². The minimum Gasteiger partial charge on any atom is -0.277 e. The van der Waals surface area contributed by atoms with Gasteiger partial charge in [0.15, 0.2) is 0 Å². The summed E-state index contributed by atoms with van der Waals surface area (Å²) in [6, 6.07) is 27.2. The molecular weight excluding hydrogens is 256 g/mol. The van der Waals surface area contributed by atoms with Crippen molar-refractivity contribution in [3.8, 4) is 22.4 Å². The zero-order valence-electron chi connectivity index (χ0n) is 11.5. The molecule has 0 saturated heterocycles. The van der Waals surface area contributed by atoms with Crippen molar-refractivity contribution in [2.24, 2.45) is 0 Å². The molecule has 1 aromatic heterocycles. The van der Waals surface area contributed by atoms with Gasteiger partial charge >= 0.3 is 0 Å². The van der Waals surface area contributed by atoms with Gasteiger partial charge in [-0.2, -0.15) is 5.10 Å². The smallest absolute Gasteiger partial charge is 0.0927 e. The van der Waals surface area contributed by atoms with Crippen molar-refractivity contribution in [2.75, 3.05) is 0 Å². The highest BCUT2D eigenvalue weighted by Gasteiger charge is 2.07. The molecule has 100 valence electrons. The zero-order chi connectivity index (χ0) is 14.1. The summed E-state index contributed by atoms with van der Waals surface area (Å²) in [7, 11) is 0. The van der Waals surface area contributed by atoms with E-state index in [9.17, 15) is 0 Å². The largest absolute Gasteiger partial charge is 0.277 e. The fourth-order valence-corrected chi connectivity index (χ4v) is 2.64. The lowest BCUT2D eigenvalue weighted by atomic mass is 10.0. The second-order valence-electron chi connectivity index (χ2n) is 5.06. The highest BCUT2D eigenvalue weighted by Crippen LogP contribution is 2.28. The molecule has 0 atom stereocenters. The second kappa shape index (κ2) is 4.91. The van der Waals surface area contributed by atoms with E-state index in [2.05, 4.69) is 64.8 Å². The molecule has 0 aliphatic rings. The second-order valence-corrected chi connectivity index (χ2v) is 5.06. The van der Waals surface area contributed by atoms with Crippen LogP contribution in [0, 0.1) is 0 Å². The van der Waals surface area contributed by atoms with Gasteiger partial charge in [-0.3, -0.25) is 5.10 Å². The first kappa shape index (κ1) is 11.9. The SMILES string of the molecule is c1ccc(-c2ccc(-c3[nH]nc4ccccc34)cc2)cc1. The molecule has 0 radical (unpaired) electrons. The molecular formula is C19H14N2. The summed E-state index contributed by atoms with van der Waals surface area (Å²) in [5.41, 5.74) is 5.69. The predicted octanol–water partition coefficient (Wildman–Crippen LogP) is 4.90. The Labute approximate surface area is 123 Å². The molecule has 0 amide bonds. The van der Waals surface area contributed by atoms with E-state index in [0.29, 0.717) is 0 Å². The van der Waals surface area contributed by atoms with Gasteiger partial charge in [0.05, 0.1) is 11.2 Å². The number of fused-ring (bicyclic) bond motifs is 1. The van der Waals surface area contributed by atoms with Crippen LogP contribution in [-0.2, 0) is 0 Å². The maximum Gasteiger partial charge on any atom is 0.0927 e. The van der Waals surface area contributed by atoms with Crippen molar-refractivity contribution in [3.63, 3.8) is 0 Å². The summed E-state index contributed by atoms with van der Waals surface area (Å²) >= 11 is 0. The molecule has 2 nitrogen and oxygen atoms in total. The Morgan fingerprint density at radius 3 is 2.00 bits per heavy atom. The lowest BCUT2D eigenvalue weighted by Gasteiger charge is -2.03. The molecule has 0 bridgehead atoms. The molecule has 4 rings (SSSR count). The number of rotatable bonds is 2. The van der Waals surface area contributed by atoms with Crippen LogP contribution in [0.4, 0.5) is 0 Å². The monoisotopic (exact) mass is 270 g/mol. The fraction of sp³-hybridized carbons (Fsp3) is 0. The molecule has 0 saturated carbocycles. The Balaban J connectivity index is 1.77. The minimum atomic E-state index is 1.000. The average molecular weight is 270 g/mol. The number of H-pyrrole nitrogens is 1. The van der Waals surface area contributed by atoms with Crippen LogP contribution in [0.5, 0.6) is 0 Å². The number of para-hydroxylation sites is 1. The molecule has 2 heteroatoms. The number of hydrogen-bond donors (Lipinski definition) is 1. The maximum atomic E-state index is 4.35. The quantitative estimate of drug-likeness (QED) is 0.551. The molecule has 0 aliphatic carbocycles. The fourth-order valence-electron chi connectivity index (χ4n) is 2.64. The first-order valence-corrected chi connectivity index (χ1v) is 7.01. The third-order valence-corrected chi connectivity index (χ3v) is 3.74. The molecule has 0 aliphatic heterocycles. The Hall–Kier alpha value is -2.87. The number of nitrogens with zero attached hydrogens (tertiary/aromatic N) is 1. The van der Waals surface area contributed by atoms with Gasteiger partial charge in [-0.1, -0.05) is 72.8 Å². The number of benzene rings is 3. The number of aromatic nitrogens is 2. The standard InChI is InChI=1S/C19H14N2/c1-2-6-14(7-3-1)15-10-12-16(13-11-15)19-17-8-4-5-9-18(17)20-21-19/h1-13H,(H,20,21). The summed E-state index contributed by atoms with van der Waals surface area (Å²) < 4.78 is 0. The molecule has 3 aromatic carbocycles. The highest BCUT2D eigenvalue weighted by molar-refractivity contribution is 5.93. The van der Waals surface area contributed by atoms with Gasteiger partial charge in [-0.25, -0.2) is 0 Å². The first-order chi connectivity index (χ1) is 10.4. The summed E-state index contributed by atoms with van der Waals surface area (Å²) in [6.45, 7) is 0. The van der Waals surface area contributed by atoms with Crippen LogP contribution < -0.4 is 0 Å². The average Bonchev–Trinajstić information content (AvgIpc) is 3.00. The molecule has 4 aromatic rings. The Morgan fingerprint density at radius 2 is 1.19 bits per heavy atom. The lowest BCUT2D eigenvalue weighted by Crippen LogP contribution is -1.81. The van der Waals surface area contributed by atoms with Crippen molar-refractivity contribution in [1.29, 1.82) is 0 Å². The Kier molecular flexibility index (Phi) is 2.79. The van der Waals surface area contributed by atoms with Crippen molar-refractivity contribution in [2.45, 2.75) is 0 Å². The summed E-state index contributed by atoms with van der Waals surface area (Å²) in [5, 5.41) is 8.65. The van der Waals surface area contributed by atoms with Crippen LogP contribution in [0.1, 0.15) is 0 Å². The van der Waals surface area contributed by atoms with Crippen LogP contribution in [0.25, 0.3) is 33.3 Å². The van der Waals surface area contributed by atoms with E-state index in [1.54, 1.807) is 0 Å². The minimum absolute atomic E-state index is 1.000. The van der Waals surface area contributed by atoms with Crippen LogP contribution in [-0.4, -0.2) is 10.2 Å².